The molecular formula is C23H24O3. The van der Waals surface area contributed by atoms with E-state index in [0.29, 0.717) is 5.56 Å². The number of benzene rings is 2. The highest BCUT2D eigenvalue weighted by Crippen LogP contribution is 2.27. The molecule has 0 heterocycles. The fourth-order valence-electron chi connectivity index (χ4n) is 3.36. The Labute approximate surface area is 154 Å². The first kappa shape index (κ1) is 18.1. The first-order valence-electron chi connectivity index (χ1n) is 9.30. The number of carbonyl (C=O) groups excluding carboxylic acids is 2. The number of ketones is 2. The van der Waals surface area contributed by atoms with E-state index in [9.17, 15) is 14.7 Å². The second-order valence-corrected chi connectivity index (χ2v) is 6.83. The van der Waals surface area contributed by atoms with E-state index >= 15 is 0 Å². The average molecular weight is 348 g/mol. The van der Waals surface area contributed by atoms with Crippen LogP contribution in [-0.4, -0.2) is 16.7 Å². The minimum absolute atomic E-state index is 0.185. The molecule has 134 valence electrons. The normalized spacial score (nSPS) is 13.9. The van der Waals surface area contributed by atoms with E-state index in [4.69, 9.17) is 0 Å². The van der Waals surface area contributed by atoms with Gasteiger partial charge in [-0.15, -0.1) is 0 Å². The quantitative estimate of drug-likeness (QED) is 0.696. The third-order valence-electron chi connectivity index (χ3n) is 4.91. The monoisotopic (exact) mass is 348 g/mol. The van der Waals surface area contributed by atoms with Crippen molar-refractivity contribution in [2.45, 2.75) is 45.4 Å². The molecule has 0 amide bonds. The van der Waals surface area contributed by atoms with Gasteiger partial charge in [0.15, 0.2) is 11.5 Å². The molecule has 3 heteroatoms. The fraction of sp³-hybridized carbons (Fsp3) is 0.304. The van der Waals surface area contributed by atoms with Crippen LogP contribution in [0.1, 0.15) is 64.4 Å². The molecule has 26 heavy (non-hydrogen) atoms. The Morgan fingerprint density at radius 2 is 1.38 bits per heavy atom. The predicted octanol–water partition coefficient (Wildman–Crippen LogP) is 5.24. The van der Waals surface area contributed by atoms with Crippen LogP contribution in [0.15, 0.2) is 59.9 Å². The van der Waals surface area contributed by atoms with Gasteiger partial charge in [-0.25, -0.2) is 0 Å². The zero-order valence-corrected chi connectivity index (χ0v) is 15.1. The summed E-state index contributed by atoms with van der Waals surface area (Å²) in [5, 5.41) is 10.2. The molecule has 2 aromatic carbocycles. The van der Waals surface area contributed by atoms with Gasteiger partial charge in [0.25, 0.3) is 0 Å². The van der Waals surface area contributed by atoms with Crippen LogP contribution in [0.3, 0.4) is 0 Å². The topological polar surface area (TPSA) is 54.4 Å². The highest BCUT2D eigenvalue weighted by molar-refractivity contribution is 6.26. The summed E-state index contributed by atoms with van der Waals surface area (Å²) < 4.78 is 0. The van der Waals surface area contributed by atoms with Gasteiger partial charge in [0.05, 0.1) is 5.57 Å². The zero-order valence-electron chi connectivity index (χ0n) is 15.1. The fourth-order valence-corrected chi connectivity index (χ4v) is 3.36. The lowest BCUT2D eigenvalue weighted by molar-refractivity contribution is 0.0927. The standard InChI is InChI=1S/C23H24O3/c1-2-3-4-5-8-16-11-13-17(14-12-16)15-20-21(24)18-9-6-7-10-19(18)22(25)23(20)26/h6-7,9-14,26H,2-5,8,15H2,1H3. The predicted molar refractivity (Wildman–Crippen MR) is 103 cm³/mol. The number of rotatable bonds is 7. The van der Waals surface area contributed by atoms with Gasteiger partial charge in [-0.1, -0.05) is 74.7 Å². The molecule has 0 saturated carbocycles. The number of aliphatic hydroxyl groups is 1. The Kier molecular flexibility index (Phi) is 5.67. The molecule has 0 saturated heterocycles. The molecule has 2 aromatic rings. The van der Waals surface area contributed by atoms with Crippen molar-refractivity contribution in [1.82, 2.24) is 0 Å². The van der Waals surface area contributed by atoms with Crippen molar-refractivity contribution in [3.63, 3.8) is 0 Å². The maximum Gasteiger partial charge on any atom is 0.228 e. The Balaban J connectivity index is 1.73. The average Bonchev–Trinajstić information content (AvgIpc) is 2.68. The van der Waals surface area contributed by atoms with Crippen LogP contribution in [0.4, 0.5) is 0 Å². The van der Waals surface area contributed by atoms with E-state index < -0.39 is 11.5 Å². The van der Waals surface area contributed by atoms with E-state index in [2.05, 4.69) is 19.1 Å². The van der Waals surface area contributed by atoms with Crippen molar-refractivity contribution in [3.8, 4) is 0 Å². The highest BCUT2D eigenvalue weighted by atomic mass is 16.3. The van der Waals surface area contributed by atoms with E-state index in [1.54, 1.807) is 24.3 Å². The number of hydrogen-bond donors (Lipinski definition) is 1. The van der Waals surface area contributed by atoms with Crippen LogP contribution < -0.4 is 0 Å². The summed E-state index contributed by atoms with van der Waals surface area (Å²) in [5.41, 5.74) is 3.03. The molecule has 3 nitrogen and oxygen atoms in total. The van der Waals surface area contributed by atoms with E-state index in [1.165, 1.54) is 31.2 Å². The van der Waals surface area contributed by atoms with Gasteiger partial charge >= 0.3 is 0 Å². The van der Waals surface area contributed by atoms with E-state index in [-0.39, 0.29) is 23.3 Å². The summed E-state index contributed by atoms with van der Waals surface area (Å²) in [5.74, 6) is -1.15. The summed E-state index contributed by atoms with van der Waals surface area (Å²) in [6.45, 7) is 2.20. The molecule has 0 aromatic heterocycles. The number of fused-ring (bicyclic) bond motifs is 1. The van der Waals surface area contributed by atoms with Gasteiger partial charge < -0.3 is 5.11 Å². The van der Waals surface area contributed by atoms with E-state index in [0.717, 1.165) is 12.0 Å². The molecule has 0 bridgehead atoms. The zero-order chi connectivity index (χ0) is 18.5. The Hall–Kier alpha value is -2.68. The third kappa shape index (κ3) is 3.77. The number of hydrogen-bond acceptors (Lipinski definition) is 3. The number of aliphatic hydroxyl groups excluding tert-OH is 1. The molecule has 0 atom stereocenters. The number of allylic oxidation sites excluding steroid dienone is 2. The lowest BCUT2D eigenvalue weighted by Crippen LogP contribution is -2.23. The number of unbranched alkanes of at least 4 members (excludes halogenated alkanes) is 3. The van der Waals surface area contributed by atoms with Gasteiger partial charge in [-0.2, -0.15) is 0 Å². The first-order valence-corrected chi connectivity index (χ1v) is 9.30. The van der Waals surface area contributed by atoms with Crippen molar-refractivity contribution < 1.29 is 14.7 Å². The van der Waals surface area contributed by atoms with Crippen molar-refractivity contribution >= 4 is 11.6 Å². The Morgan fingerprint density at radius 1 is 0.769 bits per heavy atom. The summed E-state index contributed by atoms with van der Waals surface area (Å²) in [4.78, 5) is 25.0. The Morgan fingerprint density at radius 3 is 2.04 bits per heavy atom. The van der Waals surface area contributed by atoms with Gasteiger partial charge in [-0.3, -0.25) is 9.59 Å². The molecule has 1 aliphatic rings. The number of aryl methyl sites for hydroxylation is 1. The SMILES string of the molecule is CCCCCCc1ccc(CC2=C(O)C(=O)c3ccccc3C2=O)cc1. The smallest absolute Gasteiger partial charge is 0.228 e. The molecule has 1 aliphatic carbocycles. The minimum atomic E-state index is -0.470. The molecule has 0 unspecified atom stereocenters. The Bertz CT molecular complexity index is 844. The summed E-state index contributed by atoms with van der Waals surface area (Å²) in [7, 11) is 0. The van der Waals surface area contributed by atoms with Gasteiger partial charge in [-0.05, 0) is 24.0 Å². The molecule has 3 rings (SSSR count). The van der Waals surface area contributed by atoms with E-state index in [1.807, 2.05) is 12.1 Å². The molecular weight excluding hydrogens is 324 g/mol. The maximum atomic E-state index is 12.7. The minimum Gasteiger partial charge on any atom is -0.504 e. The lowest BCUT2D eigenvalue weighted by atomic mass is 9.85. The van der Waals surface area contributed by atoms with Gasteiger partial charge in [0.1, 0.15) is 0 Å². The van der Waals surface area contributed by atoms with Crippen LogP contribution in [0.5, 0.6) is 0 Å². The molecule has 0 spiro atoms. The van der Waals surface area contributed by atoms with Crippen molar-refractivity contribution in [2.24, 2.45) is 0 Å². The summed E-state index contributed by atoms with van der Waals surface area (Å²) >= 11 is 0. The largest absolute Gasteiger partial charge is 0.504 e. The molecule has 0 fully saturated rings. The van der Waals surface area contributed by atoms with Crippen molar-refractivity contribution in [1.29, 1.82) is 0 Å². The number of carbonyl (C=O) groups is 2. The second kappa shape index (κ2) is 8.13. The van der Waals surface area contributed by atoms with Gasteiger partial charge in [0, 0.05) is 17.5 Å². The maximum absolute atomic E-state index is 12.7. The van der Waals surface area contributed by atoms with Gasteiger partial charge in [0.2, 0.25) is 5.78 Å². The first-order chi connectivity index (χ1) is 12.6. The molecule has 1 N–H and O–H groups in total. The van der Waals surface area contributed by atoms with Crippen LogP contribution in [-0.2, 0) is 12.8 Å². The third-order valence-corrected chi connectivity index (χ3v) is 4.91. The summed E-state index contributed by atoms with van der Waals surface area (Å²) in [6.07, 6.45) is 6.24. The van der Waals surface area contributed by atoms with Crippen molar-refractivity contribution in [3.05, 3.63) is 82.1 Å². The van der Waals surface area contributed by atoms with Crippen LogP contribution in [0.25, 0.3) is 0 Å². The molecule has 0 radical (unpaired) electrons. The second-order valence-electron chi connectivity index (χ2n) is 6.83. The van der Waals surface area contributed by atoms with Crippen LogP contribution in [0, 0.1) is 0 Å². The van der Waals surface area contributed by atoms with Crippen LogP contribution in [0.2, 0.25) is 0 Å². The summed E-state index contributed by atoms with van der Waals surface area (Å²) in [6, 6.07) is 14.8. The van der Waals surface area contributed by atoms with Crippen molar-refractivity contribution in [2.75, 3.05) is 0 Å². The highest BCUT2D eigenvalue weighted by Gasteiger charge is 2.31. The van der Waals surface area contributed by atoms with Crippen LogP contribution >= 0.6 is 0 Å². The lowest BCUT2D eigenvalue weighted by Gasteiger charge is -2.17. The number of Topliss-reactive ketones (excluding diaryl/α,β-unsaturated/α-hetero) is 2. The molecule has 0 aliphatic heterocycles.